The van der Waals surface area contributed by atoms with Crippen molar-refractivity contribution < 1.29 is 18.8 Å². The molecule has 1 fully saturated rings. The van der Waals surface area contributed by atoms with Crippen LogP contribution in [0.2, 0.25) is 0 Å². The summed E-state index contributed by atoms with van der Waals surface area (Å²) in [6.07, 6.45) is 2.24. The standard InChI is InChI=1S/C21H26NO3/c1-22(14-6-7-15-22)16-20(17-8-4-3-5-9-17)25-21(23)18-10-12-19(24-2)13-11-18/h3-5,8-13,20H,6-7,14-16H2,1-2H3/q+1. The van der Waals surface area contributed by atoms with Gasteiger partial charge in [-0.15, -0.1) is 0 Å². The van der Waals surface area contributed by atoms with E-state index in [9.17, 15) is 4.79 Å². The molecular formula is C21H26NO3+. The molecule has 0 bridgehead atoms. The van der Waals surface area contributed by atoms with Crippen LogP contribution in [-0.2, 0) is 4.74 Å². The lowest BCUT2D eigenvalue weighted by Gasteiger charge is -2.33. The van der Waals surface area contributed by atoms with Crippen LogP contribution in [0.1, 0.15) is 34.9 Å². The van der Waals surface area contributed by atoms with Crippen molar-refractivity contribution >= 4 is 5.97 Å². The number of benzene rings is 2. The number of esters is 1. The lowest BCUT2D eigenvalue weighted by molar-refractivity contribution is -0.901. The van der Waals surface area contributed by atoms with Crippen LogP contribution < -0.4 is 4.74 Å². The summed E-state index contributed by atoms with van der Waals surface area (Å²) in [5.41, 5.74) is 1.60. The van der Waals surface area contributed by atoms with Crippen molar-refractivity contribution in [2.45, 2.75) is 18.9 Å². The maximum Gasteiger partial charge on any atom is 0.338 e. The van der Waals surface area contributed by atoms with Gasteiger partial charge in [-0.05, 0) is 29.8 Å². The fourth-order valence-corrected chi connectivity index (χ4v) is 3.48. The Balaban J connectivity index is 1.77. The molecule has 1 heterocycles. The van der Waals surface area contributed by atoms with E-state index in [0.717, 1.165) is 35.4 Å². The quantitative estimate of drug-likeness (QED) is 0.592. The van der Waals surface area contributed by atoms with Crippen molar-refractivity contribution in [1.29, 1.82) is 0 Å². The maximum atomic E-state index is 12.6. The van der Waals surface area contributed by atoms with Crippen molar-refractivity contribution in [1.82, 2.24) is 0 Å². The van der Waals surface area contributed by atoms with Crippen LogP contribution in [0.15, 0.2) is 54.6 Å². The number of carbonyl (C=O) groups excluding carboxylic acids is 1. The molecule has 1 saturated heterocycles. The Hall–Kier alpha value is -2.33. The Labute approximate surface area is 149 Å². The summed E-state index contributed by atoms with van der Waals surface area (Å²) in [5.74, 6) is 0.439. The highest BCUT2D eigenvalue weighted by Crippen LogP contribution is 2.27. The molecule has 0 aliphatic carbocycles. The number of likely N-dealkylation sites (tertiary alicyclic amines) is 1. The minimum atomic E-state index is -0.290. The van der Waals surface area contributed by atoms with Crippen molar-refractivity contribution in [3.05, 3.63) is 65.7 Å². The minimum Gasteiger partial charge on any atom is -0.497 e. The molecule has 0 saturated carbocycles. The first-order valence-electron chi connectivity index (χ1n) is 8.83. The third-order valence-corrected chi connectivity index (χ3v) is 5.00. The third-order valence-electron chi connectivity index (χ3n) is 5.00. The Kier molecular flexibility index (Phi) is 5.39. The molecule has 1 aliphatic heterocycles. The molecular weight excluding hydrogens is 314 g/mol. The predicted molar refractivity (Wildman–Crippen MR) is 97.6 cm³/mol. The molecule has 1 atom stereocenters. The maximum absolute atomic E-state index is 12.6. The molecule has 1 aliphatic rings. The number of nitrogens with zero attached hydrogens (tertiary/aromatic N) is 1. The highest BCUT2D eigenvalue weighted by atomic mass is 16.5. The van der Waals surface area contributed by atoms with Crippen molar-refractivity contribution in [2.75, 3.05) is 33.8 Å². The first kappa shape index (κ1) is 17.5. The Morgan fingerprint density at radius 1 is 1.04 bits per heavy atom. The monoisotopic (exact) mass is 340 g/mol. The molecule has 4 nitrogen and oxygen atoms in total. The highest BCUT2D eigenvalue weighted by Gasteiger charge is 2.33. The van der Waals surface area contributed by atoms with Gasteiger partial charge in [0.15, 0.2) is 6.10 Å². The minimum absolute atomic E-state index is 0.237. The van der Waals surface area contributed by atoms with Gasteiger partial charge >= 0.3 is 5.97 Å². The first-order valence-corrected chi connectivity index (χ1v) is 8.83. The van der Waals surface area contributed by atoms with E-state index in [0.29, 0.717) is 5.56 Å². The number of likely N-dealkylation sites (N-methyl/N-ethyl adjacent to an activating group) is 1. The zero-order valence-electron chi connectivity index (χ0n) is 15.0. The highest BCUT2D eigenvalue weighted by molar-refractivity contribution is 5.89. The number of methoxy groups -OCH3 is 1. The summed E-state index contributed by atoms with van der Waals surface area (Å²) in [7, 11) is 3.86. The van der Waals surface area contributed by atoms with Gasteiger partial charge in [0.25, 0.3) is 0 Å². The number of ether oxygens (including phenoxy) is 2. The second-order valence-corrected chi connectivity index (χ2v) is 6.99. The normalized spacial score (nSPS) is 17.0. The fourth-order valence-electron chi connectivity index (χ4n) is 3.48. The molecule has 132 valence electrons. The molecule has 2 aromatic carbocycles. The van der Waals surface area contributed by atoms with Crippen molar-refractivity contribution in [3.63, 3.8) is 0 Å². The summed E-state index contributed by atoms with van der Waals surface area (Å²) in [4.78, 5) is 12.6. The van der Waals surface area contributed by atoms with Gasteiger partial charge in [-0.2, -0.15) is 0 Å². The van der Waals surface area contributed by atoms with Crippen LogP contribution >= 0.6 is 0 Å². The van der Waals surface area contributed by atoms with Crippen LogP contribution in [0.25, 0.3) is 0 Å². The molecule has 3 rings (SSSR count). The van der Waals surface area contributed by atoms with E-state index >= 15 is 0 Å². The van der Waals surface area contributed by atoms with E-state index in [-0.39, 0.29) is 12.1 Å². The van der Waals surface area contributed by atoms with Crippen LogP contribution in [0, 0.1) is 0 Å². The summed E-state index contributed by atoms with van der Waals surface area (Å²) in [5, 5.41) is 0. The lowest BCUT2D eigenvalue weighted by Crippen LogP contribution is -2.44. The van der Waals surface area contributed by atoms with E-state index in [1.807, 2.05) is 30.3 Å². The molecule has 4 heteroatoms. The fraction of sp³-hybridized carbons (Fsp3) is 0.381. The summed E-state index contributed by atoms with van der Waals surface area (Å²) in [6.45, 7) is 3.10. The van der Waals surface area contributed by atoms with Gasteiger partial charge < -0.3 is 14.0 Å². The smallest absolute Gasteiger partial charge is 0.338 e. The van der Waals surface area contributed by atoms with Gasteiger partial charge in [-0.3, -0.25) is 0 Å². The second-order valence-electron chi connectivity index (χ2n) is 6.99. The van der Waals surface area contributed by atoms with Gasteiger partial charge in [-0.25, -0.2) is 4.79 Å². The zero-order chi connectivity index (χ0) is 17.7. The number of hydrogen-bond donors (Lipinski definition) is 0. The number of rotatable bonds is 6. The SMILES string of the molecule is COc1ccc(C(=O)OC(C[N+]2(C)CCCC2)c2ccccc2)cc1. The molecule has 2 aromatic rings. The number of hydrogen-bond acceptors (Lipinski definition) is 3. The third kappa shape index (κ3) is 4.40. The summed E-state index contributed by atoms with van der Waals surface area (Å²) < 4.78 is 12.0. The summed E-state index contributed by atoms with van der Waals surface area (Å²) >= 11 is 0. The molecule has 25 heavy (non-hydrogen) atoms. The predicted octanol–water partition coefficient (Wildman–Crippen LogP) is 3.83. The van der Waals surface area contributed by atoms with E-state index < -0.39 is 0 Å². The van der Waals surface area contributed by atoms with Gasteiger partial charge in [-0.1, -0.05) is 30.3 Å². The van der Waals surface area contributed by atoms with Crippen LogP contribution in [-0.4, -0.2) is 44.2 Å². The van der Waals surface area contributed by atoms with Crippen molar-refractivity contribution in [3.8, 4) is 5.75 Å². The Morgan fingerprint density at radius 2 is 1.68 bits per heavy atom. The lowest BCUT2D eigenvalue weighted by atomic mass is 10.1. The number of carbonyl (C=O) groups is 1. The molecule has 0 amide bonds. The second kappa shape index (κ2) is 7.70. The molecule has 0 spiro atoms. The topological polar surface area (TPSA) is 35.5 Å². The molecule has 0 N–H and O–H groups in total. The average Bonchev–Trinajstić information content (AvgIpc) is 3.08. The van der Waals surface area contributed by atoms with Gasteiger partial charge in [0.2, 0.25) is 0 Å². The van der Waals surface area contributed by atoms with E-state index in [4.69, 9.17) is 9.47 Å². The van der Waals surface area contributed by atoms with E-state index in [1.165, 1.54) is 12.8 Å². The number of quaternary nitrogens is 1. The largest absolute Gasteiger partial charge is 0.497 e. The average molecular weight is 340 g/mol. The Morgan fingerprint density at radius 3 is 2.28 bits per heavy atom. The van der Waals surface area contributed by atoms with Gasteiger partial charge in [0, 0.05) is 12.8 Å². The van der Waals surface area contributed by atoms with Crippen LogP contribution in [0.3, 0.4) is 0 Å². The van der Waals surface area contributed by atoms with E-state index in [1.54, 1.807) is 31.4 Å². The molecule has 1 unspecified atom stereocenters. The molecule has 0 aromatic heterocycles. The Bertz CT molecular complexity index is 691. The summed E-state index contributed by atoms with van der Waals surface area (Å²) in [6, 6.07) is 17.1. The van der Waals surface area contributed by atoms with Crippen LogP contribution in [0.4, 0.5) is 0 Å². The molecule has 0 radical (unpaired) electrons. The van der Waals surface area contributed by atoms with Crippen molar-refractivity contribution in [2.24, 2.45) is 0 Å². The van der Waals surface area contributed by atoms with E-state index in [2.05, 4.69) is 7.05 Å². The van der Waals surface area contributed by atoms with Gasteiger partial charge in [0.1, 0.15) is 12.3 Å². The first-order chi connectivity index (χ1) is 12.1. The van der Waals surface area contributed by atoms with Gasteiger partial charge in [0.05, 0.1) is 32.8 Å². The van der Waals surface area contributed by atoms with Crippen LogP contribution in [0.5, 0.6) is 5.75 Å². The zero-order valence-corrected chi connectivity index (χ0v) is 15.0.